The molecule has 2 rings (SSSR count). The zero-order valence-electron chi connectivity index (χ0n) is 11.9. The molecule has 2 aromatic rings. The van der Waals surface area contributed by atoms with Gasteiger partial charge in [0.05, 0.1) is 13.3 Å². The highest BCUT2D eigenvalue weighted by molar-refractivity contribution is 9.10. The molecule has 0 radical (unpaired) electrons. The molecule has 1 heterocycles. The topological polar surface area (TPSA) is 72.5 Å². The number of nitrogens with zero attached hydrogens (tertiary/aromatic N) is 4. The number of benzene rings is 1. The van der Waals surface area contributed by atoms with E-state index in [1.165, 1.54) is 18.9 Å². The van der Waals surface area contributed by atoms with Crippen LogP contribution in [0.3, 0.4) is 0 Å². The lowest BCUT2D eigenvalue weighted by atomic mass is 10.2. The number of methoxy groups -OCH3 is 1. The summed E-state index contributed by atoms with van der Waals surface area (Å²) in [5.41, 5.74) is 0.545. The summed E-state index contributed by atoms with van der Waals surface area (Å²) in [7, 11) is 1.50. The van der Waals surface area contributed by atoms with Crippen molar-refractivity contribution in [1.29, 1.82) is 0 Å². The SMILES string of the molecule is CCc1nnc(SC)n1/N=C\c1cc(Br)cc(OC)c1O. The molecule has 0 aliphatic rings. The minimum atomic E-state index is 0.0428. The van der Waals surface area contributed by atoms with Gasteiger partial charge in [-0.15, -0.1) is 10.2 Å². The first-order valence-corrected chi connectivity index (χ1v) is 8.21. The number of ether oxygens (including phenoxy) is 1. The molecule has 1 N–H and O–H groups in total. The quantitative estimate of drug-likeness (QED) is 0.646. The van der Waals surface area contributed by atoms with E-state index < -0.39 is 0 Å². The molecule has 0 unspecified atom stereocenters. The van der Waals surface area contributed by atoms with Crippen molar-refractivity contribution in [2.45, 2.75) is 18.5 Å². The Morgan fingerprint density at radius 3 is 2.86 bits per heavy atom. The lowest BCUT2D eigenvalue weighted by molar-refractivity contribution is 0.373. The number of halogens is 1. The minimum Gasteiger partial charge on any atom is -0.504 e. The summed E-state index contributed by atoms with van der Waals surface area (Å²) in [6.45, 7) is 1.99. The molecule has 0 fully saturated rings. The Morgan fingerprint density at radius 1 is 1.48 bits per heavy atom. The third kappa shape index (κ3) is 3.38. The largest absolute Gasteiger partial charge is 0.504 e. The van der Waals surface area contributed by atoms with Crippen LogP contribution in [0.15, 0.2) is 26.9 Å². The summed E-state index contributed by atoms with van der Waals surface area (Å²) >= 11 is 4.84. The summed E-state index contributed by atoms with van der Waals surface area (Å²) in [6.07, 6.45) is 4.19. The fourth-order valence-electron chi connectivity index (χ4n) is 1.73. The van der Waals surface area contributed by atoms with Crippen LogP contribution in [0.1, 0.15) is 18.3 Å². The number of aryl methyl sites for hydroxylation is 1. The fourth-order valence-corrected chi connectivity index (χ4v) is 2.63. The summed E-state index contributed by atoms with van der Waals surface area (Å²) in [6, 6.07) is 3.45. The molecular weight excluding hydrogens is 356 g/mol. The Labute approximate surface area is 135 Å². The fraction of sp³-hybridized carbons (Fsp3) is 0.308. The molecule has 0 bridgehead atoms. The van der Waals surface area contributed by atoms with E-state index in [9.17, 15) is 5.11 Å². The van der Waals surface area contributed by atoms with Crippen LogP contribution in [0.25, 0.3) is 0 Å². The molecular formula is C13H15BrN4O2S. The zero-order valence-corrected chi connectivity index (χ0v) is 14.3. The van der Waals surface area contributed by atoms with E-state index in [4.69, 9.17) is 4.74 Å². The highest BCUT2D eigenvalue weighted by atomic mass is 79.9. The molecule has 21 heavy (non-hydrogen) atoms. The van der Waals surface area contributed by atoms with E-state index in [2.05, 4.69) is 31.2 Å². The first-order chi connectivity index (χ1) is 10.1. The van der Waals surface area contributed by atoms with Crippen LogP contribution in [-0.2, 0) is 6.42 Å². The number of aromatic hydroxyl groups is 1. The van der Waals surface area contributed by atoms with Crippen LogP contribution in [0, 0.1) is 0 Å². The van der Waals surface area contributed by atoms with Crippen LogP contribution < -0.4 is 4.74 Å². The van der Waals surface area contributed by atoms with E-state index in [1.54, 1.807) is 23.0 Å². The molecule has 1 aromatic heterocycles. The van der Waals surface area contributed by atoms with E-state index >= 15 is 0 Å². The molecule has 0 spiro atoms. The van der Waals surface area contributed by atoms with Gasteiger partial charge in [-0.2, -0.15) is 9.78 Å². The average Bonchev–Trinajstić information content (AvgIpc) is 2.89. The normalized spacial score (nSPS) is 11.2. The maximum absolute atomic E-state index is 10.1. The Kier molecular flexibility index (Phi) is 5.24. The van der Waals surface area contributed by atoms with Gasteiger partial charge in [-0.3, -0.25) is 0 Å². The standard InChI is InChI=1S/C13H15BrN4O2S/c1-4-11-16-17-13(21-3)18(11)15-7-8-5-9(14)6-10(20-2)12(8)19/h5-7,19H,4H2,1-3H3/b15-7-. The van der Waals surface area contributed by atoms with Crippen molar-refractivity contribution in [3.63, 3.8) is 0 Å². The second-order valence-corrected chi connectivity index (χ2v) is 5.75. The number of rotatable bonds is 5. The number of thioether (sulfide) groups is 1. The number of phenolic OH excluding ortho intramolecular Hbond substituents is 1. The Bertz CT molecular complexity index is 651. The van der Waals surface area contributed by atoms with E-state index in [0.717, 1.165) is 16.7 Å². The lowest BCUT2D eigenvalue weighted by Gasteiger charge is -2.07. The first-order valence-electron chi connectivity index (χ1n) is 6.19. The van der Waals surface area contributed by atoms with Gasteiger partial charge in [0.2, 0.25) is 5.16 Å². The van der Waals surface area contributed by atoms with Crippen LogP contribution in [0.4, 0.5) is 0 Å². The monoisotopic (exact) mass is 370 g/mol. The number of phenols is 1. The summed E-state index contributed by atoms with van der Waals surface area (Å²) in [5, 5.41) is 23.3. The second kappa shape index (κ2) is 6.95. The molecule has 1 aromatic carbocycles. The van der Waals surface area contributed by atoms with Gasteiger partial charge in [-0.25, -0.2) is 0 Å². The van der Waals surface area contributed by atoms with Crippen molar-refractivity contribution in [2.75, 3.05) is 13.4 Å². The highest BCUT2D eigenvalue weighted by Gasteiger charge is 2.11. The van der Waals surface area contributed by atoms with Crippen molar-refractivity contribution in [1.82, 2.24) is 14.9 Å². The van der Waals surface area contributed by atoms with Crippen LogP contribution in [0.2, 0.25) is 0 Å². The lowest BCUT2D eigenvalue weighted by Crippen LogP contribution is -1.99. The van der Waals surface area contributed by atoms with E-state index in [-0.39, 0.29) is 5.75 Å². The van der Waals surface area contributed by atoms with Crippen molar-refractivity contribution >= 4 is 33.9 Å². The predicted octanol–water partition coefficient (Wildman–Crippen LogP) is 2.92. The van der Waals surface area contributed by atoms with Crippen molar-refractivity contribution in [2.24, 2.45) is 5.10 Å². The molecule has 0 aliphatic carbocycles. The zero-order chi connectivity index (χ0) is 15.4. The van der Waals surface area contributed by atoms with Gasteiger partial charge >= 0.3 is 0 Å². The summed E-state index contributed by atoms with van der Waals surface area (Å²) in [5.74, 6) is 1.19. The van der Waals surface area contributed by atoms with Crippen molar-refractivity contribution < 1.29 is 9.84 Å². The molecule has 0 amide bonds. The number of hydrogen-bond donors (Lipinski definition) is 1. The predicted molar refractivity (Wildman–Crippen MR) is 86.5 cm³/mol. The third-order valence-corrected chi connectivity index (χ3v) is 3.85. The second-order valence-electron chi connectivity index (χ2n) is 4.06. The van der Waals surface area contributed by atoms with Gasteiger partial charge in [0, 0.05) is 16.5 Å². The van der Waals surface area contributed by atoms with Gasteiger partial charge in [0.25, 0.3) is 0 Å². The van der Waals surface area contributed by atoms with Gasteiger partial charge in [0.1, 0.15) is 0 Å². The smallest absolute Gasteiger partial charge is 0.211 e. The average molecular weight is 371 g/mol. The Balaban J connectivity index is 2.42. The summed E-state index contributed by atoms with van der Waals surface area (Å²) < 4.78 is 7.57. The number of hydrogen-bond acceptors (Lipinski definition) is 6. The Morgan fingerprint density at radius 2 is 2.24 bits per heavy atom. The molecule has 0 saturated heterocycles. The van der Waals surface area contributed by atoms with Crippen LogP contribution >= 0.6 is 27.7 Å². The van der Waals surface area contributed by atoms with Gasteiger partial charge in [0.15, 0.2) is 17.3 Å². The van der Waals surface area contributed by atoms with E-state index in [1.807, 2.05) is 13.2 Å². The molecule has 0 aliphatic heterocycles. The molecule has 0 saturated carbocycles. The summed E-state index contributed by atoms with van der Waals surface area (Å²) in [4.78, 5) is 0. The van der Waals surface area contributed by atoms with Gasteiger partial charge in [-0.05, 0) is 18.4 Å². The molecule has 112 valence electrons. The van der Waals surface area contributed by atoms with Crippen LogP contribution in [-0.4, -0.2) is 39.6 Å². The van der Waals surface area contributed by atoms with Crippen molar-refractivity contribution in [3.8, 4) is 11.5 Å². The first kappa shape index (κ1) is 15.8. The maximum Gasteiger partial charge on any atom is 0.211 e. The van der Waals surface area contributed by atoms with Gasteiger partial charge in [-0.1, -0.05) is 34.6 Å². The minimum absolute atomic E-state index is 0.0428. The third-order valence-electron chi connectivity index (χ3n) is 2.78. The van der Waals surface area contributed by atoms with Crippen LogP contribution in [0.5, 0.6) is 11.5 Å². The van der Waals surface area contributed by atoms with E-state index in [0.29, 0.717) is 16.5 Å². The highest BCUT2D eigenvalue weighted by Crippen LogP contribution is 2.32. The number of aromatic nitrogens is 3. The molecule has 0 atom stereocenters. The molecule has 8 heteroatoms. The van der Waals surface area contributed by atoms with Gasteiger partial charge < -0.3 is 9.84 Å². The maximum atomic E-state index is 10.1. The van der Waals surface area contributed by atoms with Crippen molar-refractivity contribution in [3.05, 3.63) is 28.0 Å². The Hall–Kier alpha value is -1.54. The molecule has 6 nitrogen and oxygen atoms in total.